The van der Waals surface area contributed by atoms with Gasteiger partial charge in [0.1, 0.15) is 11.6 Å². The Balaban J connectivity index is 1.77. The Bertz CT molecular complexity index is 401. The predicted molar refractivity (Wildman–Crippen MR) is 68.5 cm³/mol. The summed E-state index contributed by atoms with van der Waals surface area (Å²) in [5.41, 5.74) is 1.03. The van der Waals surface area contributed by atoms with Crippen LogP contribution in [-0.2, 0) is 6.54 Å². The van der Waals surface area contributed by atoms with Crippen molar-refractivity contribution in [3.05, 3.63) is 34.9 Å². The maximum atomic E-state index is 13.5. The second-order valence-corrected chi connectivity index (χ2v) is 4.92. The van der Waals surface area contributed by atoms with Gasteiger partial charge in [-0.25, -0.2) is 8.78 Å². The van der Waals surface area contributed by atoms with Crippen molar-refractivity contribution in [3.8, 4) is 0 Å². The van der Waals surface area contributed by atoms with Crippen molar-refractivity contribution in [1.29, 1.82) is 0 Å². The Hall–Kier alpha value is -1.00. The summed E-state index contributed by atoms with van der Waals surface area (Å²) < 4.78 is 26.6. The van der Waals surface area contributed by atoms with Crippen molar-refractivity contribution < 1.29 is 8.78 Å². The molecule has 0 amide bonds. The van der Waals surface area contributed by atoms with Crippen LogP contribution >= 0.6 is 0 Å². The average Bonchev–Trinajstić information content (AvgIpc) is 2.84. The molecule has 100 valence electrons. The Morgan fingerprint density at radius 3 is 2.61 bits per heavy atom. The van der Waals surface area contributed by atoms with Crippen LogP contribution in [0, 0.1) is 18.6 Å². The van der Waals surface area contributed by atoms with Crippen LogP contribution in [0.3, 0.4) is 0 Å². The third-order valence-electron chi connectivity index (χ3n) is 3.45. The molecule has 1 saturated heterocycles. The fourth-order valence-electron chi connectivity index (χ4n) is 2.32. The maximum absolute atomic E-state index is 13.5. The average molecular weight is 254 g/mol. The molecule has 0 saturated carbocycles. The maximum Gasteiger partial charge on any atom is 0.130 e. The number of halogens is 2. The van der Waals surface area contributed by atoms with Gasteiger partial charge in [0.15, 0.2) is 0 Å². The van der Waals surface area contributed by atoms with E-state index in [2.05, 4.69) is 10.2 Å². The minimum Gasteiger partial charge on any atom is -0.311 e. The van der Waals surface area contributed by atoms with Gasteiger partial charge in [-0.1, -0.05) is 0 Å². The van der Waals surface area contributed by atoms with Crippen LogP contribution in [0.4, 0.5) is 8.78 Å². The van der Waals surface area contributed by atoms with Gasteiger partial charge < -0.3 is 10.2 Å². The first kappa shape index (κ1) is 13.4. The number of aryl methyl sites for hydroxylation is 1. The van der Waals surface area contributed by atoms with Crippen molar-refractivity contribution in [2.75, 3.05) is 26.2 Å². The monoisotopic (exact) mass is 254 g/mol. The van der Waals surface area contributed by atoms with Crippen LogP contribution in [0.2, 0.25) is 0 Å². The Morgan fingerprint density at radius 2 is 1.89 bits per heavy atom. The number of nitrogens with zero attached hydrogens (tertiary/aromatic N) is 1. The number of rotatable bonds is 5. The zero-order chi connectivity index (χ0) is 13.0. The first-order chi connectivity index (χ1) is 8.66. The van der Waals surface area contributed by atoms with Gasteiger partial charge in [-0.05, 0) is 44.5 Å². The van der Waals surface area contributed by atoms with Crippen LogP contribution in [0.25, 0.3) is 0 Å². The smallest absolute Gasteiger partial charge is 0.130 e. The van der Waals surface area contributed by atoms with E-state index >= 15 is 0 Å². The largest absolute Gasteiger partial charge is 0.311 e. The highest BCUT2D eigenvalue weighted by Crippen LogP contribution is 2.14. The lowest BCUT2D eigenvalue weighted by atomic mass is 10.1. The van der Waals surface area contributed by atoms with Gasteiger partial charge in [0.25, 0.3) is 0 Å². The molecule has 0 radical (unpaired) electrons. The fraction of sp³-hybridized carbons (Fsp3) is 0.571. The zero-order valence-electron chi connectivity index (χ0n) is 10.8. The van der Waals surface area contributed by atoms with E-state index in [1.165, 1.54) is 25.9 Å². The molecule has 0 unspecified atom stereocenters. The topological polar surface area (TPSA) is 15.3 Å². The minimum atomic E-state index is -0.478. The van der Waals surface area contributed by atoms with Crippen LogP contribution in [0.1, 0.15) is 24.0 Å². The van der Waals surface area contributed by atoms with Crippen LogP contribution in [0.15, 0.2) is 12.1 Å². The molecular formula is C14H20F2N2. The third kappa shape index (κ3) is 3.50. The number of hydrogen-bond donors (Lipinski definition) is 1. The standard InChI is InChI=1S/C14H20F2N2/c1-11-8-12(14(16)9-13(11)15)10-17-4-7-18-5-2-3-6-18/h8-9,17H,2-7,10H2,1H3. The first-order valence-electron chi connectivity index (χ1n) is 6.54. The van der Waals surface area contributed by atoms with E-state index in [0.717, 1.165) is 19.2 Å². The van der Waals surface area contributed by atoms with Gasteiger partial charge in [-0.2, -0.15) is 0 Å². The van der Waals surface area contributed by atoms with Crippen LogP contribution in [-0.4, -0.2) is 31.1 Å². The summed E-state index contributed by atoms with van der Waals surface area (Å²) in [7, 11) is 0. The summed E-state index contributed by atoms with van der Waals surface area (Å²) in [5, 5.41) is 3.21. The lowest BCUT2D eigenvalue weighted by Crippen LogP contribution is -2.29. The van der Waals surface area contributed by atoms with Gasteiger partial charge >= 0.3 is 0 Å². The number of benzene rings is 1. The molecule has 1 aromatic carbocycles. The lowest BCUT2D eigenvalue weighted by Gasteiger charge is -2.15. The Kier molecular flexibility index (Phi) is 4.66. The van der Waals surface area contributed by atoms with Gasteiger partial charge in [-0.15, -0.1) is 0 Å². The molecule has 4 heteroatoms. The number of likely N-dealkylation sites (tertiary alicyclic amines) is 1. The fourth-order valence-corrected chi connectivity index (χ4v) is 2.32. The summed E-state index contributed by atoms with van der Waals surface area (Å²) in [6.07, 6.45) is 2.57. The SMILES string of the molecule is Cc1cc(CNCCN2CCCC2)c(F)cc1F. The summed E-state index contributed by atoms with van der Waals surface area (Å²) in [6.45, 7) is 6.30. The molecule has 1 N–H and O–H groups in total. The quantitative estimate of drug-likeness (QED) is 0.812. The number of hydrogen-bond acceptors (Lipinski definition) is 2. The van der Waals surface area contributed by atoms with Crippen LogP contribution in [0.5, 0.6) is 0 Å². The highest BCUT2D eigenvalue weighted by molar-refractivity contribution is 5.25. The molecule has 1 fully saturated rings. The van der Waals surface area contributed by atoms with Crippen molar-refractivity contribution in [2.45, 2.75) is 26.3 Å². The molecule has 0 spiro atoms. The zero-order valence-corrected chi connectivity index (χ0v) is 10.8. The highest BCUT2D eigenvalue weighted by atomic mass is 19.1. The molecule has 1 aliphatic rings. The molecule has 2 rings (SSSR count). The van der Waals surface area contributed by atoms with Gasteiger partial charge in [-0.3, -0.25) is 0 Å². The molecule has 1 aromatic rings. The van der Waals surface area contributed by atoms with E-state index in [4.69, 9.17) is 0 Å². The van der Waals surface area contributed by atoms with Crippen molar-refractivity contribution in [2.24, 2.45) is 0 Å². The van der Waals surface area contributed by atoms with E-state index in [-0.39, 0.29) is 0 Å². The Morgan fingerprint density at radius 1 is 1.17 bits per heavy atom. The summed E-state index contributed by atoms with van der Waals surface area (Å²) in [5.74, 6) is -0.944. The molecule has 0 aliphatic carbocycles. The normalized spacial score (nSPS) is 16.4. The molecule has 1 aliphatic heterocycles. The number of nitrogens with one attached hydrogen (secondary N) is 1. The highest BCUT2D eigenvalue weighted by Gasteiger charge is 2.11. The Labute approximate surface area is 107 Å². The van der Waals surface area contributed by atoms with Crippen molar-refractivity contribution >= 4 is 0 Å². The molecular weight excluding hydrogens is 234 g/mol. The van der Waals surface area contributed by atoms with Gasteiger partial charge in [0, 0.05) is 31.3 Å². The van der Waals surface area contributed by atoms with Gasteiger partial charge in [0.05, 0.1) is 0 Å². The van der Waals surface area contributed by atoms with E-state index in [0.29, 0.717) is 17.7 Å². The van der Waals surface area contributed by atoms with E-state index in [1.807, 2.05) is 0 Å². The lowest BCUT2D eigenvalue weighted by molar-refractivity contribution is 0.335. The minimum absolute atomic E-state index is 0.459. The second-order valence-electron chi connectivity index (χ2n) is 4.92. The van der Waals surface area contributed by atoms with Crippen molar-refractivity contribution in [3.63, 3.8) is 0 Å². The third-order valence-corrected chi connectivity index (χ3v) is 3.45. The molecule has 1 heterocycles. The predicted octanol–water partition coefficient (Wildman–Crippen LogP) is 2.46. The molecule has 0 aromatic heterocycles. The summed E-state index contributed by atoms with van der Waals surface area (Å²) in [4.78, 5) is 2.40. The molecule has 18 heavy (non-hydrogen) atoms. The van der Waals surface area contributed by atoms with E-state index < -0.39 is 11.6 Å². The van der Waals surface area contributed by atoms with E-state index in [1.54, 1.807) is 13.0 Å². The first-order valence-corrected chi connectivity index (χ1v) is 6.54. The van der Waals surface area contributed by atoms with E-state index in [9.17, 15) is 8.78 Å². The van der Waals surface area contributed by atoms with Gasteiger partial charge in [0.2, 0.25) is 0 Å². The second kappa shape index (κ2) is 6.25. The van der Waals surface area contributed by atoms with Crippen molar-refractivity contribution in [1.82, 2.24) is 10.2 Å². The summed E-state index contributed by atoms with van der Waals surface area (Å²) >= 11 is 0. The van der Waals surface area contributed by atoms with Crippen LogP contribution < -0.4 is 5.32 Å². The summed E-state index contributed by atoms with van der Waals surface area (Å²) in [6, 6.07) is 2.54. The molecule has 0 bridgehead atoms. The molecule has 2 nitrogen and oxygen atoms in total. The molecule has 0 atom stereocenters.